The molecule has 0 radical (unpaired) electrons. The molecule has 0 fully saturated rings. The van der Waals surface area contributed by atoms with Crippen LogP contribution >= 0.6 is 11.6 Å². The number of halogens is 1. The van der Waals surface area contributed by atoms with Crippen LogP contribution in [0.3, 0.4) is 0 Å². The van der Waals surface area contributed by atoms with E-state index in [1.807, 2.05) is 53.0 Å². The van der Waals surface area contributed by atoms with Crippen LogP contribution in [0.4, 0.5) is 5.69 Å². The molecule has 5 rings (SSSR count). The van der Waals surface area contributed by atoms with Crippen LogP contribution in [0.1, 0.15) is 11.7 Å². The first-order chi connectivity index (χ1) is 16.1. The maximum atomic E-state index is 11.2. The van der Waals surface area contributed by atoms with Crippen molar-refractivity contribution in [3.63, 3.8) is 0 Å². The summed E-state index contributed by atoms with van der Waals surface area (Å²) in [6.45, 7) is 1.16. The molecule has 0 saturated carbocycles. The molecule has 0 amide bonds. The highest BCUT2D eigenvalue weighted by atomic mass is 35.5. The molecule has 1 aliphatic heterocycles. The first-order valence-electron chi connectivity index (χ1n) is 10.4. The van der Waals surface area contributed by atoms with Gasteiger partial charge in [-0.3, -0.25) is 14.9 Å². The second kappa shape index (κ2) is 8.97. The average Bonchev–Trinajstić information content (AvgIpc) is 3.45. The number of anilines is 1. The van der Waals surface area contributed by atoms with Crippen LogP contribution in [-0.4, -0.2) is 39.4 Å². The highest BCUT2D eigenvalue weighted by Gasteiger charge is 2.24. The van der Waals surface area contributed by atoms with Crippen LogP contribution in [0.25, 0.3) is 10.9 Å². The fourth-order valence-electron chi connectivity index (χ4n) is 3.56. The Bertz CT molecular complexity index is 1340. The Kier molecular flexibility index (Phi) is 5.72. The molecule has 1 atom stereocenters. The number of aromatic nitrogens is 3. The van der Waals surface area contributed by atoms with Crippen molar-refractivity contribution in [2.45, 2.75) is 12.7 Å². The normalized spacial score (nSPS) is 15.6. The third kappa shape index (κ3) is 4.55. The van der Waals surface area contributed by atoms with Gasteiger partial charge in [-0.05, 0) is 29.8 Å². The highest BCUT2D eigenvalue weighted by molar-refractivity contribution is 6.38. The predicted molar refractivity (Wildman–Crippen MR) is 128 cm³/mol. The first-order valence-corrected chi connectivity index (χ1v) is 10.8. The van der Waals surface area contributed by atoms with Gasteiger partial charge in [0.25, 0.3) is 0 Å². The number of nitrogens with zero attached hydrogens (tertiary/aromatic N) is 4. The summed E-state index contributed by atoms with van der Waals surface area (Å²) in [4.78, 5) is 15.9. The van der Waals surface area contributed by atoms with Crippen LogP contribution in [0.5, 0.6) is 5.75 Å². The van der Waals surface area contributed by atoms with Crippen molar-refractivity contribution in [1.29, 1.82) is 0 Å². The van der Waals surface area contributed by atoms with Crippen LogP contribution in [-0.2, 0) is 6.54 Å². The van der Waals surface area contributed by atoms with Crippen molar-refractivity contribution >= 4 is 34.2 Å². The average molecular weight is 464 g/mol. The zero-order valence-corrected chi connectivity index (χ0v) is 18.6. The maximum absolute atomic E-state index is 11.2. The SMILES string of the molecule is CN1NC(c2ccc(OCCn3ccc(=O)cc3)cc2)N=C1Nc1ccc2[nH]ncc2c1Cl. The van der Waals surface area contributed by atoms with Crippen LogP contribution in [0.15, 0.2) is 76.9 Å². The minimum atomic E-state index is -0.232. The number of fused-ring (bicyclic) bond motifs is 1. The third-order valence-corrected chi connectivity index (χ3v) is 5.77. The number of benzene rings is 2. The van der Waals surface area contributed by atoms with Gasteiger partial charge in [0.1, 0.15) is 18.5 Å². The fraction of sp³-hybridized carbons (Fsp3) is 0.174. The van der Waals surface area contributed by atoms with E-state index < -0.39 is 0 Å². The number of rotatable bonds is 6. The van der Waals surface area contributed by atoms with E-state index in [1.165, 1.54) is 12.1 Å². The van der Waals surface area contributed by atoms with Gasteiger partial charge in [0.2, 0.25) is 5.96 Å². The standard InChI is InChI=1S/C23H22ClN7O2/c1-30-23(26-20-7-6-19-18(21(20)24)14-25-28-19)27-22(29-30)15-2-4-17(5-3-15)33-13-12-31-10-8-16(32)9-11-31/h2-11,14,22,29H,12-13H2,1H3,(H,25,28)(H,26,27). The number of aliphatic imine (C=N–C) groups is 1. The predicted octanol–water partition coefficient (Wildman–Crippen LogP) is 3.37. The Labute approximate surface area is 194 Å². The van der Waals surface area contributed by atoms with Crippen molar-refractivity contribution in [2.75, 3.05) is 19.0 Å². The molecule has 2 aromatic carbocycles. The summed E-state index contributed by atoms with van der Waals surface area (Å²) in [6, 6.07) is 14.7. The number of ether oxygens (including phenoxy) is 1. The zero-order valence-electron chi connectivity index (χ0n) is 17.8. The lowest BCUT2D eigenvalue weighted by Crippen LogP contribution is -2.37. The zero-order chi connectivity index (χ0) is 22.8. The van der Waals surface area contributed by atoms with Crippen LogP contribution in [0.2, 0.25) is 5.02 Å². The van der Waals surface area contributed by atoms with E-state index in [2.05, 4.69) is 20.9 Å². The van der Waals surface area contributed by atoms with Crippen molar-refractivity contribution in [3.05, 3.63) is 87.9 Å². The number of guanidine groups is 1. The van der Waals surface area contributed by atoms with Gasteiger partial charge in [-0.1, -0.05) is 23.7 Å². The molecule has 1 unspecified atom stereocenters. The third-order valence-electron chi connectivity index (χ3n) is 5.36. The highest BCUT2D eigenvalue weighted by Crippen LogP contribution is 2.31. The molecule has 168 valence electrons. The van der Waals surface area contributed by atoms with Gasteiger partial charge in [-0.25, -0.2) is 10.4 Å². The molecule has 10 heteroatoms. The van der Waals surface area contributed by atoms with Crippen LogP contribution in [0, 0.1) is 0 Å². The molecule has 0 saturated heterocycles. The molecule has 0 aliphatic carbocycles. The molecule has 4 aromatic rings. The van der Waals surface area contributed by atoms with Crippen molar-refractivity contribution in [3.8, 4) is 5.75 Å². The number of nitrogens with one attached hydrogen (secondary N) is 3. The lowest BCUT2D eigenvalue weighted by molar-refractivity contribution is 0.297. The summed E-state index contributed by atoms with van der Waals surface area (Å²) in [7, 11) is 1.89. The largest absolute Gasteiger partial charge is 0.492 e. The van der Waals surface area contributed by atoms with Gasteiger partial charge in [-0.15, -0.1) is 0 Å². The van der Waals surface area contributed by atoms with Gasteiger partial charge >= 0.3 is 0 Å². The van der Waals surface area contributed by atoms with Gasteiger partial charge in [0.15, 0.2) is 5.43 Å². The molecule has 33 heavy (non-hydrogen) atoms. The number of hydrogen-bond donors (Lipinski definition) is 3. The second-order valence-electron chi connectivity index (χ2n) is 7.62. The summed E-state index contributed by atoms with van der Waals surface area (Å²) in [6.07, 6.45) is 4.97. The number of pyridine rings is 1. The van der Waals surface area contributed by atoms with Gasteiger partial charge in [0.05, 0.1) is 29.0 Å². The van der Waals surface area contributed by atoms with Crippen molar-refractivity contribution < 1.29 is 4.74 Å². The van der Waals surface area contributed by atoms with Gasteiger partial charge in [-0.2, -0.15) is 5.10 Å². The summed E-state index contributed by atoms with van der Waals surface area (Å²) >= 11 is 6.52. The van der Waals surface area contributed by atoms with Crippen molar-refractivity contribution in [1.82, 2.24) is 25.2 Å². The van der Waals surface area contributed by atoms with Gasteiger partial charge < -0.3 is 14.6 Å². The monoisotopic (exact) mass is 463 g/mol. The minimum absolute atomic E-state index is 0.00271. The Morgan fingerprint density at radius 3 is 2.70 bits per heavy atom. The van der Waals surface area contributed by atoms with E-state index in [0.717, 1.165) is 27.9 Å². The van der Waals surface area contributed by atoms with E-state index >= 15 is 0 Å². The van der Waals surface area contributed by atoms with E-state index in [4.69, 9.17) is 21.3 Å². The van der Waals surface area contributed by atoms with E-state index in [0.29, 0.717) is 24.1 Å². The summed E-state index contributed by atoms with van der Waals surface area (Å²) in [5, 5.41) is 13.5. The molecule has 3 heterocycles. The Morgan fingerprint density at radius 2 is 1.91 bits per heavy atom. The minimum Gasteiger partial charge on any atom is -0.492 e. The Balaban J connectivity index is 1.22. The number of H-pyrrole nitrogens is 1. The van der Waals surface area contributed by atoms with E-state index in [1.54, 1.807) is 18.6 Å². The van der Waals surface area contributed by atoms with E-state index in [-0.39, 0.29) is 11.6 Å². The molecule has 3 N–H and O–H groups in total. The molecule has 0 bridgehead atoms. The Morgan fingerprint density at radius 1 is 1.12 bits per heavy atom. The van der Waals surface area contributed by atoms with E-state index in [9.17, 15) is 4.79 Å². The molecule has 9 nitrogen and oxygen atoms in total. The topological polar surface area (TPSA) is 99.6 Å². The molecular formula is C23H22ClN7O2. The number of aromatic amines is 1. The molecule has 2 aromatic heterocycles. The molecule has 1 aliphatic rings. The smallest absolute Gasteiger partial charge is 0.215 e. The lowest BCUT2D eigenvalue weighted by Gasteiger charge is -2.17. The summed E-state index contributed by atoms with van der Waals surface area (Å²) in [5.41, 5.74) is 5.95. The van der Waals surface area contributed by atoms with Gasteiger partial charge in [0, 0.05) is 37.0 Å². The fourth-order valence-corrected chi connectivity index (χ4v) is 3.82. The second-order valence-corrected chi connectivity index (χ2v) is 7.99. The lowest BCUT2D eigenvalue weighted by atomic mass is 10.2. The van der Waals surface area contributed by atoms with Crippen molar-refractivity contribution in [2.24, 2.45) is 4.99 Å². The maximum Gasteiger partial charge on any atom is 0.215 e. The first kappa shape index (κ1) is 21.0. The molecular weight excluding hydrogens is 442 g/mol. The quantitative estimate of drug-likeness (QED) is 0.405. The number of hydrazine groups is 1. The summed E-state index contributed by atoms with van der Waals surface area (Å²) in [5.74, 6) is 1.43. The summed E-state index contributed by atoms with van der Waals surface area (Å²) < 4.78 is 7.73. The molecule has 0 spiro atoms. The number of hydrogen-bond acceptors (Lipinski definition) is 7. The van der Waals surface area contributed by atoms with Crippen LogP contribution < -0.4 is 20.9 Å². The Hall–Kier alpha value is -3.82.